The first-order chi connectivity index (χ1) is 11.1. The molecule has 5 nitrogen and oxygen atoms in total. The maximum Gasteiger partial charge on any atom is 0.343 e. The molecule has 0 bridgehead atoms. The number of carbonyl (C=O) groups excluding carboxylic acids is 1. The van der Waals surface area contributed by atoms with Gasteiger partial charge in [0.25, 0.3) is 5.69 Å². The summed E-state index contributed by atoms with van der Waals surface area (Å²) in [6.45, 7) is 0. The number of non-ortho nitro benzene ring substituents is 1. The van der Waals surface area contributed by atoms with E-state index in [1.165, 1.54) is 29.8 Å². The monoisotopic (exact) mass is 347 g/mol. The van der Waals surface area contributed by atoms with Crippen molar-refractivity contribution in [1.82, 2.24) is 0 Å². The van der Waals surface area contributed by atoms with Gasteiger partial charge in [0.15, 0.2) is 0 Å². The number of hydrogen-bond acceptors (Lipinski definition) is 6. The zero-order chi connectivity index (χ0) is 16.2. The van der Waals surface area contributed by atoms with Crippen molar-refractivity contribution in [2.45, 2.75) is 4.58 Å². The molecule has 0 saturated carbocycles. The van der Waals surface area contributed by atoms with E-state index >= 15 is 0 Å². The van der Waals surface area contributed by atoms with E-state index in [-0.39, 0.29) is 11.3 Å². The largest absolute Gasteiger partial charge is 0.423 e. The van der Waals surface area contributed by atoms with Crippen LogP contribution in [0.4, 0.5) is 5.69 Å². The first-order valence-corrected chi connectivity index (χ1v) is 9.03. The molecule has 7 heteroatoms. The van der Waals surface area contributed by atoms with Crippen molar-refractivity contribution in [3.05, 3.63) is 69.8 Å². The maximum absolute atomic E-state index is 12.0. The van der Waals surface area contributed by atoms with Crippen molar-refractivity contribution in [3.63, 3.8) is 0 Å². The van der Waals surface area contributed by atoms with Gasteiger partial charge in [0.05, 0.1) is 15.1 Å². The Balaban J connectivity index is 1.66. The molecule has 118 valence electrons. The van der Waals surface area contributed by atoms with Crippen molar-refractivity contribution in [3.8, 4) is 5.75 Å². The molecule has 23 heavy (non-hydrogen) atoms. The average Bonchev–Trinajstić information content (AvgIpc) is 3.10. The van der Waals surface area contributed by atoms with Crippen molar-refractivity contribution in [2.75, 3.05) is 11.5 Å². The fourth-order valence-corrected chi connectivity index (χ4v) is 4.99. The molecule has 0 aromatic heterocycles. The van der Waals surface area contributed by atoms with Gasteiger partial charge in [-0.25, -0.2) is 4.79 Å². The van der Waals surface area contributed by atoms with E-state index in [0.29, 0.717) is 10.3 Å². The Kier molecular flexibility index (Phi) is 4.88. The van der Waals surface area contributed by atoms with E-state index in [9.17, 15) is 14.9 Å². The smallest absolute Gasteiger partial charge is 0.343 e. The Hall–Kier alpha value is -1.99. The van der Waals surface area contributed by atoms with E-state index in [0.717, 1.165) is 11.5 Å². The summed E-state index contributed by atoms with van der Waals surface area (Å²) in [7, 11) is 0. The summed E-state index contributed by atoms with van der Waals surface area (Å²) in [5.74, 6) is 2.25. The van der Waals surface area contributed by atoms with Gasteiger partial charge in [0.2, 0.25) is 0 Å². The minimum Gasteiger partial charge on any atom is -0.423 e. The summed E-state index contributed by atoms with van der Waals surface area (Å²) in [6.07, 6.45) is 0. The van der Waals surface area contributed by atoms with Crippen molar-refractivity contribution < 1.29 is 14.5 Å². The van der Waals surface area contributed by atoms with Crippen LogP contribution in [0.2, 0.25) is 0 Å². The highest BCUT2D eigenvalue weighted by atomic mass is 32.2. The number of esters is 1. The van der Waals surface area contributed by atoms with Crippen molar-refractivity contribution >= 4 is 35.2 Å². The van der Waals surface area contributed by atoms with Crippen LogP contribution in [-0.2, 0) is 0 Å². The Bertz CT molecular complexity index is 710. The lowest BCUT2D eigenvalue weighted by Gasteiger charge is -2.09. The van der Waals surface area contributed by atoms with Crippen LogP contribution in [0.15, 0.2) is 48.5 Å². The molecular formula is C16H13NO4S2. The molecule has 0 unspecified atom stereocenters. The van der Waals surface area contributed by atoms with Gasteiger partial charge in [0.1, 0.15) is 5.75 Å². The second-order valence-corrected chi connectivity index (χ2v) is 7.56. The maximum atomic E-state index is 12.0. The molecule has 0 amide bonds. The van der Waals surface area contributed by atoms with Gasteiger partial charge in [-0.15, -0.1) is 23.5 Å². The van der Waals surface area contributed by atoms with Gasteiger partial charge in [-0.3, -0.25) is 10.1 Å². The van der Waals surface area contributed by atoms with Crippen LogP contribution in [0.3, 0.4) is 0 Å². The summed E-state index contributed by atoms with van der Waals surface area (Å²) in [4.78, 5) is 22.1. The minimum atomic E-state index is -0.530. The highest BCUT2D eigenvalue weighted by Crippen LogP contribution is 2.45. The predicted octanol–water partition coefficient (Wildman–Crippen LogP) is 4.29. The molecule has 0 N–H and O–H groups in total. The van der Waals surface area contributed by atoms with Crippen LogP contribution >= 0.6 is 23.5 Å². The van der Waals surface area contributed by atoms with Gasteiger partial charge in [0, 0.05) is 23.6 Å². The van der Waals surface area contributed by atoms with Crippen LogP contribution in [-0.4, -0.2) is 22.4 Å². The number of nitro benzene ring substituents is 1. The molecular weight excluding hydrogens is 334 g/mol. The Labute approximate surface area is 141 Å². The second-order valence-electron chi connectivity index (χ2n) is 4.84. The lowest BCUT2D eigenvalue weighted by Crippen LogP contribution is -2.08. The average molecular weight is 347 g/mol. The zero-order valence-electron chi connectivity index (χ0n) is 12.0. The van der Waals surface area contributed by atoms with Crippen LogP contribution in [0.25, 0.3) is 0 Å². The normalized spacial score (nSPS) is 14.6. The van der Waals surface area contributed by atoms with Crippen LogP contribution in [0.1, 0.15) is 20.5 Å². The molecule has 2 aromatic rings. The quantitative estimate of drug-likeness (QED) is 0.356. The second kappa shape index (κ2) is 7.06. The van der Waals surface area contributed by atoms with E-state index < -0.39 is 10.9 Å². The molecule has 2 aromatic carbocycles. The van der Waals surface area contributed by atoms with Crippen LogP contribution < -0.4 is 4.74 Å². The highest BCUT2D eigenvalue weighted by Gasteiger charge is 2.18. The van der Waals surface area contributed by atoms with E-state index in [1.807, 2.05) is 35.7 Å². The van der Waals surface area contributed by atoms with Crippen LogP contribution in [0, 0.1) is 10.1 Å². The van der Waals surface area contributed by atoms with Gasteiger partial charge in [-0.05, 0) is 29.8 Å². The first kappa shape index (κ1) is 15.9. The lowest BCUT2D eigenvalue weighted by molar-refractivity contribution is -0.384. The summed E-state index contributed by atoms with van der Waals surface area (Å²) in [6, 6.07) is 12.8. The zero-order valence-corrected chi connectivity index (χ0v) is 13.6. The third-order valence-electron chi connectivity index (χ3n) is 3.30. The third kappa shape index (κ3) is 3.86. The topological polar surface area (TPSA) is 69.4 Å². The summed E-state index contributed by atoms with van der Waals surface area (Å²) in [5.41, 5.74) is 1.44. The lowest BCUT2D eigenvalue weighted by atomic mass is 10.2. The van der Waals surface area contributed by atoms with Crippen molar-refractivity contribution in [2.24, 2.45) is 0 Å². The Morgan fingerprint density at radius 1 is 1.04 bits per heavy atom. The van der Waals surface area contributed by atoms with Gasteiger partial charge in [-0.1, -0.05) is 12.1 Å². The Morgan fingerprint density at radius 3 is 2.22 bits per heavy atom. The molecule has 0 radical (unpaired) electrons. The summed E-state index contributed by atoms with van der Waals surface area (Å²) in [5, 5.41) is 10.6. The standard InChI is InChI=1S/C16H13NO4S2/c18-15(11-1-5-13(6-2-11)17(19)20)21-14-7-3-12(4-8-14)16-22-9-10-23-16/h1-8,16H,9-10H2. The predicted molar refractivity (Wildman–Crippen MR) is 92.2 cm³/mol. The highest BCUT2D eigenvalue weighted by molar-refractivity contribution is 8.19. The van der Waals surface area contributed by atoms with E-state index in [1.54, 1.807) is 12.1 Å². The first-order valence-electron chi connectivity index (χ1n) is 6.93. The fourth-order valence-electron chi connectivity index (χ4n) is 2.13. The number of nitrogens with zero attached hydrogens (tertiary/aromatic N) is 1. The Morgan fingerprint density at radius 2 is 1.65 bits per heavy atom. The fraction of sp³-hybridized carbons (Fsp3) is 0.188. The summed E-state index contributed by atoms with van der Waals surface area (Å²) >= 11 is 3.83. The molecule has 3 rings (SSSR count). The van der Waals surface area contributed by atoms with Gasteiger partial charge in [-0.2, -0.15) is 0 Å². The summed E-state index contributed by atoms with van der Waals surface area (Å²) < 4.78 is 5.75. The number of hydrogen-bond donors (Lipinski definition) is 0. The molecule has 0 atom stereocenters. The van der Waals surface area contributed by atoms with E-state index in [4.69, 9.17) is 4.74 Å². The number of ether oxygens (including phenoxy) is 1. The molecule has 1 fully saturated rings. The third-order valence-corrected chi connectivity index (χ3v) is 6.40. The molecule has 1 aliphatic heterocycles. The van der Waals surface area contributed by atoms with Crippen molar-refractivity contribution in [1.29, 1.82) is 0 Å². The molecule has 1 heterocycles. The molecule has 1 saturated heterocycles. The van der Waals surface area contributed by atoms with Gasteiger partial charge < -0.3 is 4.74 Å². The van der Waals surface area contributed by atoms with Crippen LogP contribution in [0.5, 0.6) is 5.75 Å². The number of rotatable bonds is 4. The molecule has 0 aliphatic carbocycles. The minimum absolute atomic E-state index is 0.0579. The number of thioether (sulfide) groups is 2. The number of benzene rings is 2. The molecule has 1 aliphatic rings. The van der Waals surface area contributed by atoms with E-state index in [2.05, 4.69) is 0 Å². The van der Waals surface area contributed by atoms with Gasteiger partial charge >= 0.3 is 5.97 Å². The number of nitro groups is 1. The number of carbonyl (C=O) groups is 1. The SMILES string of the molecule is O=C(Oc1ccc(C2SCCS2)cc1)c1ccc([N+](=O)[O-])cc1. The molecule has 0 spiro atoms.